The van der Waals surface area contributed by atoms with Crippen LogP contribution in [-0.2, 0) is 11.2 Å². The number of nitriles is 1. The molecule has 1 amide bonds. The first kappa shape index (κ1) is 13.4. The van der Waals surface area contributed by atoms with Gasteiger partial charge in [0.15, 0.2) is 6.61 Å². The summed E-state index contributed by atoms with van der Waals surface area (Å²) in [5.41, 5.74) is 7.43. The number of nitrogens with zero attached hydrogens (tertiary/aromatic N) is 2. The third kappa shape index (κ3) is 3.04. The molecule has 1 heterocycles. The van der Waals surface area contributed by atoms with Crippen molar-refractivity contribution >= 4 is 11.6 Å². The lowest BCUT2D eigenvalue weighted by atomic mass is 10.1. The van der Waals surface area contributed by atoms with E-state index in [0.29, 0.717) is 25.9 Å². The molecule has 2 rings (SSSR count). The fourth-order valence-electron chi connectivity index (χ4n) is 2.13. The number of nitrogens with two attached hydrogens (primary N) is 1. The lowest BCUT2D eigenvalue weighted by Crippen LogP contribution is -2.39. The maximum Gasteiger partial charge on any atom is 0.265 e. The van der Waals surface area contributed by atoms with Crippen molar-refractivity contribution < 1.29 is 9.53 Å². The van der Waals surface area contributed by atoms with Crippen LogP contribution in [0.4, 0.5) is 5.69 Å². The van der Waals surface area contributed by atoms with Crippen LogP contribution in [0.5, 0.6) is 5.75 Å². The highest BCUT2D eigenvalue weighted by molar-refractivity contribution is 5.97. The Morgan fingerprint density at radius 2 is 2.32 bits per heavy atom. The summed E-state index contributed by atoms with van der Waals surface area (Å²) in [7, 11) is 0. The van der Waals surface area contributed by atoms with Crippen molar-refractivity contribution in [2.75, 3.05) is 24.6 Å². The van der Waals surface area contributed by atoms with Gasteiger partial charge in [-0.3, -0.25) is 4.79 Å². The Hall–Kier alpha value is -2.06. The quantitative estimate of drug-likeness (QED) is 0.806. The van der Waals surface area contributed by atoms with Gasteiger partial charge in [0.1, 0.15) is 5.75 Å². The van der Waals surface area contributed by atoms with E-state index >= 15 is 0 Å². The van der Waals surface area contributed by atoms with E-state index in [0.717, 1.165) is 23.4 Å². The van der Waals surface area contributed by atoms with Crippen molar-refractivity contribution in [3.8, 4) is 11.8 Å². The highest BCUT2D eigenvalue weighted by atomic mass is 16.5. The number of hydrogen-bond donors (Lipinski definition) is 1. The smallest absolute Gasteiger partial charge is 0.265 e. The van der Waals surface area contributed by atoms with Crippen LogP contribution in [0.25, 0.3) is 0 Å². The SMILES string of the molecule is N#CCCCN1C(=O)COc2ccc(CCN)cc21. The van der Waals surface area contributed by atoms with Gasteiger partial charge in [0.05, 0.1) is 11.8 Å². The number of unbranched alkanes of at least 4 members (excludes halogenated alkanes) is 1. The Balaban J connectivity index is 2.22. The molecule has 0 fully saturated rings. The van der Waals surface area contributed by atoms with E-state index in [2.05, 4.69) is 6.07 Å². The highest BCUT2D eigenvalue weighted by Crippen LogP contribution is 2.33. The molecule has 0 aliphatic carbocycles. The predicted octanol–water partition coefficient (Wildman–Crippen LogP) is 1.22. The monoisotopic (exact) mass is 259 g/mol. The number of carbonyl (C=O) groups excluding carboxylic acids is 1. The molecule has 0 bridgehead atoms. The minimum Gasteiger partial charge on any atom is -0.482 e. The van der Waals surface area contributed by atoms with Crippen LogP contribution >= 0.6 is 0 Å². The molecular weight excluding hydrogens is 242 g/mol. The van der Waals surface area contributed by atoms with Crippen LogP contribution in [0.3, 0.4) is 0 Å². The van der Waals surface area contributed by atoms with Crippen LogP contribution in [0.2, 0.25) is 0 Å². The van der Waals surface area contributed by atoms with Crippen molar-refractivity contribution in [1.29, 1.82) is 5.26 Å². The van der Waals surface area contributed by atoms with Crippen LogP contribution in [0, 0.1) is 11.3 Å². The van der Waals surface area contributed by atoms with Gasteiger partial charge < -0.3 is 15.4 Å². The molecule has 0 radical (unpaired) electrons. The van der Waals surface area contributed by atoms with Crippen LogP contribution in [0.1, 0.15) is 18.4 Å². The van der Waals surface area contributed by atoms with Crippen molar-refractivity contribution in [3.05, 3.63) is 23.8 Å². The molecule has 1 aromatic carbocycles. The van der Waals surface area contributed by atoms with Crippen LogP contribution in [0.15, 0.2) is 18.2 Å². The van der Waals surface area contributed by atoms with Crippen LogP contribution < -0.4 is 15.4 Å². The van der Waals surface area contributed by atoms with Crippen LogP contribution in [-0.4, -0.2) is 25.6 Å². The van der Waals surface area contributed by atoms with E-state index in [1.807, 2.05) is 18.2 Å². The molecule has 0 unspecified atom stereocenters. The summed E-state index contributed by atoms with van der Waals surface area (Å²) in [6.07, 6.45) is 1.89. The molecule has 5 nitrogen and oxygen atoms in total. The van der Waals surface area contributed by atoms with E-state index in [4.69, 9.17) is 15.7 Å². The fourth-order valence-corrected chi connectivity index (χ4v) is 2.13. The average Bonchev–Trinajstić information content (AvgIpc) is 2.42. The molecule has 100 valence electrons. The number of hydrogen-bond acceptors (Lipinski definition) is 4. The zero-order chi connectivity index (χ0) is 13.7. The lowest BCUT2D eigenvalue weighted by Gasteiger charge is -2.29. The van der Waals surface area contributed by atoms with E-state index in [9.17, 15) is 4.79 Å². The third-order valence-electron chi connectivity index (χ3n) is 3.07. The van der Waals surface area contributed by atoms with Gasteiger partial charge in [-0.2, -0.15) is 5.26 Å². The maximum atomic E-state index is 11.9. The van der Waals surface area contributed by atoms with Crippen molar-refractivity contribution in [2.24, 2.45) is 5.73 Å². The summed E-state index contributed by atoms with van der Waals surface area (Å²) in [5, 5.41) is 8.58. The zero-order valence-corrected chi connectivity index (χ0v) is 10.8. The van der Waals surface area contributed by atoms with Gasteiger partial charge in [0, 0.05) is 13.0 Å². The Labute approximate surface area is 112 Å². The van der Waals surface area contributed by atoms with E-state index in [1.165, 1.54) is 0 Å². The van der Waals surface area contributed by atoms with E-state index < -0.39 is 0 Å². The first-order chi connectivity index (χ1) is 9.26. The van der Waals surface area contributed by atoms with Gasteiger partial charge in [-0.05, 0) is 37.1 Å². The number of fused-ring (bicyclic) bond motifs is 1. The van der Waals surface area contributed by atoms with Crippen molar-refractivity contribution in [1.82, 2.24) is 0 Å². The molecule has 0 saturated heterocycles. The summed E-state index contributed by atoms with van der Waals surface area (Å²) in [4.78, 5) is 13.6. The number of benzene rings is 1. The first-order valence-corrected chi connectivity index (χ1v) is 6.39. The molecule has 0 aromatic heterocycles. The molecular formula is C14H17N3O2. The number of carbonyl (C=O) groups is 1. The molecule has 19 heavy (non-hydrogen) atoms. The molecule has 0 spiro atoms. The molecule has 1 aliphatic heterocycles. The number of anilines is 1. The predicted molar refractivity (Wildman–Crippen MR) is 71.9 cm³/mol. The number of amides is 1. The van der Waals surface area contributed by atoms with Gasteiger partial charge in [0.25, 0.3) is 5.91 Å². The average molecular weight is 259 g/mol. The zero-order valence-electron chi connectivity index (χ0n) is 10.8. The van der Waals surface area contributed by atoms with Gasteiger partial charge in [0.2, 0.25) is 0 Å². The van der Waals surface area contributed by atoms with E-state index in [1.54, 1.807) is 4.90 Å². The number of ether oxygens (including phenoxy) is 1. The van der Waals surface area contributed by atoms with Crippen molar-refractivity contribution in [3.63, 3.8) is 0 Å². The Morgan fingerprint density at radius 3 is 3.05 bits per heavy atom. The topological polar surface area (TPSA) is 79.3 Å². The summed E-state index contributed by atoms with van der Waals surface area (Å²) in [5.74, 6) is 0.660. The van der Waals surface area contributed by atoms with Crippen molar-refractivity contribution in [2.45, 2.75) is 19.3 Å². The normalized spacial score (nSPS) is 13.7. The largest absolute Gasteiger partial charge is 0.482 e. The second-order valence-corrected chi connectivity index (χ2v) is 4.44. The summed E-state index contributed by atoms with van der Waals surface area (Å²) < 4.78 is 5.42. The Bertz CT molecular complexity index is 508. The summed E-state index contributed by atoms with van der Waals surface area (Å²) in [6.45, 7) is 1.19. The van der Waals surface area contributed by atoms with Gasteiger partial charge >= 0.3 is 0 Å². The number of rotatable bonds is 5. The van der Waals surface area contributed by atoms with Gasteiger partial charge in [-0.15, -0.1) is 0 Å². The molecule has 1 aliphatic rings. The highest BCUT2D eigenvalue weighted by Gasteiger charge is 2.25. The maximum absolute atomic E-state index is 11.9. The minimum absolute atomic E-state index is 0.0599. The standard InChI is InChI=1S/C14H17N3O2/c15-6-1-2-8-17-12-9-11(5-7-16)3-4-13(12)19-10-14(17)18/h3-4,9H,1-2,5,7-8,10,16H2. The Morgan fingerprint density at radius 1 is 1.47 bits per heavy atom. The third-order valence-corrected chi connectivity index (χ3v) is 3.07. The summed E-state index contributed by atoms with van der Waals surface area (Å²) in [6, 6.07) is 7.89. The Kier molecular flexibility index (Phi) is 4.37. The molecule has 1 aromatic rings. The second-order valence-electron chi connectivity index (χ2n) is 4.44. The molecule has 5 heteroatoms. The minimum atomic E-state index is -0.0599. The summed E-state index contributed by atoms with van der Waals surface area (Å²) >= 11 is 0. The molecule has 0 atom stereocenters. The first-order valence-electron chi connectivity index (χ1n) is 6.39. The molecule has 0 saturated carbocycles. The van der Waals surface area contributed by atoms with E-state index in [-0.39, 0.29) is 12.5 Å². The van der Waals surface area contributed by atoms with Gasteiger partial charge in [-0.25, -0.2) is 0 Å². The fraction of sp³-hybridized carbons (Fsp3) is 0.429. The lowest BCUT2D eigenvalue weighted by molar-refractivity contribution is -0.121. The second kappa shape index (κ2) is 6.21. The van der Waals surface area contributed by atoms with Gasteiger partial charge in [-0.1, -0.05) is 6.07 Å². The molecule has 2 N–H and O–H groups in total.